The van der Waals surface area contributed by atoms with Gasteiger partial charge in [-0.05, 0) is 31.5 Å². The number of hydrogen-bond acceptors (Lipinski definition) is 6. The van der Waals surface area contributed by atoms with Gasteiger partial charge in [-0.15, -0.1) is 0 Å². The second-order valence-corrected chi connectivity index (χ2v) is 6.76. The molecule has 3 rings (SSSR count). The molecule has 0 N–H and O–H groups in total. The Bertz CT molecular complexity index is 1180. The molecular weight excluding hydrogens is 429 g/mol. The van der Waals surface area contributed by atoms with Crippen LogP contribution in [0.1, 0.15) is 26.0 Å². The lowest BCUT2D eigenvalue weighted by Crippen LogP contribution is -2.28. The van der Waals surface area contributed by atoms with Crippen molar-refractivity contribution in [2.24, 2.45) is 0 Å². The Morgan fingerprint density at radius 1 is 1.12 bits per heavy atom. The lowest BCUT2D eigenvalue weighted by atomic mass is 10.0. The van der Waals surface area contributed by atoms with Crippen LogP contribution in [0.25, 0.3) is 22.1 Å². The molecule has 170 valence electrons. The topological polar surface area (TPSA) is 75.0 Å². The SMILES string of the molecule is CCOC(=O)[C@H](CC)Oc1ccc2c(=O)c(-c3ccccc3OC)c(C(F)(F)F)oc2c1. The second-order valence-electron chi connectivity index (χ2n) is 6.76. The molecule has 0 radical (unpaired) electrons. The van der Waals surface area contributed by atoms with Crippen molar-refractivity contribution in [3.63, 3.8) is 0 Å². The van der Waals surface area contributed by atoms with Gasteiger partial charge in [-0.1, -0.05) is 25.1 Å². The first kappa shape index (κ1) is 23.2. The summed E-state index contributed by atoms with van der Waals surface area (Å²) in [4.78, 5) is 25.1. The average Bonchev–Trinajstić information content (AvgIpc) is 2.76. The average molecular weight is 450 g/mol. The molecule has 1 aromatic heterocycles. The fourth-order valence-electron chi connectivity index (χ4n) is 3.24. The van der Waals surface area contributed by atoms with Gasteiger partial charge >= 0.3 is 12.1 Å². The molecule has 0 bridgehead atoms. The third-order valence-electron chi connectivity index (χ3n) is 4.70. The van der Waals surface area contributed by atoms with E-state index in [4.69, 9.17) is 18.6 Å². The highest BCUT2D eigenvalue weighted by molar-refractivity contribution is 5.85. The first-order valence-electron chi connectivity index (χ1n) is 9.85. The van der Waals surface area contributed by atoms with E-state index in [2.05, 4.69) is 0 Å². The molecule has 0 unspecified atom stereocenters. The standard InChI is InChI=1S/C23H21F3O6/c1-4-16(22(28)30-5-2)31-13-10-11-15-18(12-13)32-21(23(24,25)26)19(20(15)27)14-8-6-7-9-17(14)29-3/h6-12,16H,4-5H2,1-3H3/t16-/m0/s1. The quantitative estimate of drug-likeness (QED) is 0.460. The number of para-hydroxylation sites is 1. The Morgan fingerprint density at radius 3 is 2.47 bits per heavy atom. The zero-order chi connectivity index (χ0) is 23.5. The molecular formula is C23H21F3O6. The zero-order valence-electron chi connectivity index (χ0n) is 17.6. The molecule has 0 aliphatic carbocycles. The minimum Gasteiger partial charge on any atom is -0.496 e. The van der Waals surface area contributed by atoms with Crippen molar-refractivity contribution in [1.29, 1.82) is 0 Å². The van der Waals surface area contributed by atoms with Crippen LogP contribution >= 0.6 is 0 Å². The van der Waals surface area contributed by atoms with Crippen LogP contribution in [0.15, 0.2) is 51.7 Å². The van der Waals surface area contributed by atoms with E-state index in [9.17, 15) is 22.8 Å². The molecule has 1 atom stereocenters. The Morgan fingerprint density at radius 2 is 1.84 bits per heavy atom. The highest BCUT2D eigenvalue weighted by Crippen LogP contribution is 2.40. The summed E-state index contributed by atoms with van der Waals surface area (Å²) in [5, 5.41) is -0.0737. The van der Waals surface area contributed by atoms with Gasteiger partial charge in [0.15, 0.2) is 6.10 Å². The third kappa shape index (κ3) is 4.56. The van der Waals surface area contributed by atoms with Gasteiger partial charge in [-0.25, -0.2) is 4.79 Å². The fourth-order valence-corrected chi connectivity index (χ4v) is 3.24. The van der Waals surface area contributed by atoms with E-state index in [0.29, 0.717) is 0 Å². The maximum absolute atomic E-state index is 13.9. The monoisotopic (exact) mass is 450 g/mol. The number of halogens is 3. The van der Waals surface area contributed by atoms with Gasteiger partial charge in [-0.2, -0.15) is 13.2 Å². The number of fused-ring (bicyclic) bond motifs is 1. The maximum Gasteiger partial charge on any atom is 0.450 e. The van der Waals surface area contributed by atoms with Crippen LogP contribution in [0.4, 0.5) is 13.2 Å². The summed E-state index contributed by atoms with van der Waals surface area (Å²) in [7, 11) is 1.30. The number of carbonyl (C=O) groups excluding carboxylic acids is 1. The smallest absolute Gasteiger partial charge is 0.450 e. The minimum atomic E-state index is -4.95. The summed E-state index contributed by atoms with van der Waals surface area (Å²) in [6.07, 6.45) is -5.62. The summed E-state index contributed by atoms with van der Waals surface area (Å²) in [6, 6.07) is 9.73. The number of rotatable bonds is 7. The Hall–Kier alpha value is -3.49. The molecule has 32 heavy (non-hydrogen) atoms. The van der Waals surface area contributed by atoms with E-state index in [-0.39, 0.29) is 41.1 Å². The van der Waals surface area contributed by atoms with Crippen LogP contribution in [0.5, 0.6) is 11.5 Å². The van der Waals surface area contributed by atoms with Crippen molar-refractivity contribution in [3.05, 3.63) is 58.4 Å². The zero-order valence-corrected chi connectivity index (χ0v) is 17.6. The van der Waals surface area contributed by atoms with Gasteiger partial charge in [-0.3, -0.25) is 4.79 Å². The lowest BCUT2D eigenvalue weighted by molar-refractivity contribution is -0.152. The number of methoxy groups -OCH3 is 1. The Balaban J connectivity index is 2.18. The second kappa shape index (κ2) is 9.33. The molecule has 0 saturated heterocycles. The summed E-state index contributed by atoms with van der Waals surface area (Å²) in [5.74, 6) is -1.88. The van der Waals surface area contributed by atoms with E-state index in [1.165, 1.54) is 37.4 Å². The van der Waals surface area contributed by atoms with Gasteiger partial charge in [0.1, 0.15) is 17.1 Å². The van der Waals surface area contributed by atoms with Crippen molar-refractivity contribution in [2.45, 2.75) is 32.5 Å². The molecule has 6 nitrogen and oxygen atoms in total. The first-order chi connectivity index (χ1) is 15.2. The van der Waals surface area contributed by atoms with Gasteiger partial charge in [0, 0.05) is 11.6 Å². The molecule has 0 amide bonds. The summed E-state index contributed by atoms with van der Waals surface area (Å²) in [5.41, 5.74) is -1.87. The molecule has 0 aliphatic heterocycles. The normalized spacial score (nSPS) is 12.4. The molecule has 1 heterocycles. The molecule has 0 saturated carbocycles. The summed E-state index contributed by atoms with van der Waals surface area (Å²) >= 11 is 0. The number of ether oxygens (including phenoxy) is 3. The summed E-state index contributed by atoms with van der Waals surface area (Å²) < 4.78 is 62.4. The van der Waals surface area contributed by atoms with Crippen molar-refractivity contribution in [3.8, 4) is 22.6 Å². The molecule has 0 aliphatic rings. The van der Waals surface area contributed by atoms with Gasteiger partial charge < -0.3 is 18.6 Å². The first-order valence-corrected chi connectivity index (χ1v) is 9.85. The fraction of sp³-hybridized carbons (Fsp3) is 0.304. The van der Waals surface area contributed by atoms with Gasteiger partial charge in [0.2, 0.25) is 11.2 Å². The van der Waals surface area contributed by atoms with E-state index in [0.717, 1.165) is 6.07 Å². The minimum absolute atomic E-state index is 0.0355. The number of esters is 1. The van der Waals surface area contributed by atoms with Crippen molar-refractivity contribution < 1.29 is 36.6 Å². The highest BCUT2D eigenvalue weighted by atomic mass is 19.4. The number of carbonyl (C=O) groups is 1. The molecule has 0 fully saturated rings. The van der Waals surface area contributed by atoms with E-state index in [1.807, 2.05) is 0 Å². The highest BCUT2D eigenvalue weighted by Gasteiger charge is 2.40. The Labute approximate surface area is 181 Å². The summed E-state index contributed by atoms with van der Waals surface area (Å²) in [6.45, 7) is 3.50. The van der Waals surface area contributed by atoms with E-state index < -0.39 is 35.0 Å². The van der Waals surface area contributed by atoms with Crippen molar-refractivity contribution >= 4 is 16.9 Å². The molecule has 9 heteroatoms. The van der Waals surface area contributed by atoms with Crippen LogP contribution < -0.4 is 14.9 Å². The number of benzene rings is 2. The molecule has 3 aromatic rings. The lowest BCUT2D eigenvalue weighted by Gasteiger charge is -2.17. The third-order valence-corrected chi connectivity index (χ3v) is 4.70. The predicted molar refractivity (Wildman–Crippen MR) is 111 cm³/mol. The van der Waals surface area contributed by atoms with E-state index >= 15 is 0 Å². The molecule has 0 spiro atoms. The van der Waals surface area contributed by atoms with Crippen molar-refractivity contribution in [1.82, 2.24) is 0 Å². The predicted octanol–water partition coefficient (Wildman–Crippen LogP) is 5.21. The van der Waals surface area contributed by atoms with Crippen LogP contribution in [-0.2, 0) is 15.7 Å². The molecule has 2 aromatic carbocycles. The van der Waals surface area contributed by atoms with E-state index in [1.54, 1.807) is 19.9 Å². The van der Waals surface area contributed by atoms with Crippen LogP contribution in [0, 0.1) is 0 Å². The van der Waals surface area contributed by atoms with Gasteiger partial charge in [0.05, 0.1) is 24.7 Å². The van der Waals surface area contributed by atoms with Crippen LogP contribution in [0.3, 0.4) is 0 Å². The van der Waals surface area contributed by atoms with Crippen LogP contribution in [0.2, 0.25) is 0 Å². The number of alkyl halides is 3. The maximum atomic E-state index is 13.9. The number of hydrogen-bond donors (Lipinski definition) is 0. The van der Waals surface area contributed by atoms with Gasteiger partial charge in [0.25, 0.3) is 0 Å². The Kier molecular flexibility index (Phi) is 6.76. The van der Waals surface area contributed by atoms with Crippen molar-refractivity contribution in [2.75, 3.05) is 13.7 Å². The van der Waals surface area contributed by atoms with Crippen LogP contribution in [-0.4, -0.2) is 25.8 Å². The largest absolute Gasteiger partial charge is 0.496 e.